The Morgan fingerprint density at radius 3 is 2.23 bits per heavy atom. The molecule has 2 unspecified atom stereocenters. The van der Waals surface area contributed by atoms with E-state index in [1.807, 2.05) is 0 Å². The van der Waals surface area contributed by atoms with E-state index < -0.39 is 47.0 Å². The van der Waals surface area contributed by atoms with Crippen molar-refractivity contribution in [1.82, 2.24) is 5.32 Å². The molecule has 0 bridgehead atoms. The van der Waals surface area contributed by atoms with E-state index in [1.165, 1.54) is 6.08 Å². The van der Waals surface area contributed by atoms with Crippen LogP contribution in [0.25, 0.3) is 0 Å². The Kier molecular flexibility index (Phi) is 7.13. The summed E-state index contributed by atoms with van der Waals surface area (Å²) < 4.78 is 15.9. The molecule has 1 aromatic carbocycles. The van der Waals surface area contributed by atoms with Crippen molar-refractivity contribution in [1.29, 1.82) is 0 Å². The molecule has 1 amide bonds. The van der Waals surface area contributed by atoms with Crippen molar-refractivity contribution < 1.29 is 28.6 Å². The summed E-state index contributed by atoms with van der Waals surface area (Å²) in [6, 6.07) is 2.45. The van der Waals surface area contributed by atoms with Crippen LogP contribution < -0.4 is 5.32 Å². The summed E-state index contributed by atoms with van der Waals surface area (Å²) in [6.07, 6.45) is 0.597. The number of nitrogens with one attached hydrogen (secondary N) is 1. The first kappa shape index (κ1) is 21.4. The van der Waals surface area contributed by atoms with Crippen LogP contribution in [0.4, 0.5) is 11.4 Å². The first-order chi connectivity index (χ1) is 12.0. The van der Waals surface area contributed by atoms with Crippen LogP contribution in [-0.4, -0.2) is 26.9 Å². The molecule has 0 saturated heterocycles. The number of nitrogens with zero attached hydrogens (tertiary/aromatic N) is 2. The standard InChI is InChI=1S/C14H18N3O8P/c1-4-5-14(2,3)13(25-26(23)24)15-12(18)9-6-10(16(19)20)8-11(7-9)17(21)22/h4,6-8,13,26H,1,5H2,2-3H3,(H,15,18)(H,23,24). The lowest BCUT2D eigenvalue weighted by Gasteiger charge is -2.32. The number of hydrogen-bond donors (Lipinski definition) is 2. The summed E-state index contributed by atoms with van der Waals surface area (Å²) >= 11 is 0. The molecule has 0 spiro atoms. The largest absolute Gasteiger partial charge is 0.326 e. The van der Waals surface area contributed by atoms with E-state index in [-0.39, 0.29) is 5.56 Å². The van der Waals surface area contributed by atoms with Crippen molar-refractivity contribution in [2.45, 2.75) is 26.5 Å². The Morgan fingerprint density at radius 2 is 1.85 bits per heavy atom. The zero-order valence-electron chi connectivity index (χ0n) is 14.0. The van der Waals surface area contributed by atoms with Crippen LogP contribution in [0.15, 0.2) is 30.9 Å². The van der Waals surface area contributed by atoms with Gasteiger partial charge in [0.25, 0.3) is 17.3 Å². The van der Waals surface area contributed by atoms with Gasteiger partial charge in [0.05, 0.1) is 21.5 Å². The molecule has 0 aliphatic heterocycles. The molecular formula is C14H18N3O8P. The van der Waals surface area contributed by atoms with Crippen LogP contribution in [0.1, 0.15) is 30.6 Å². The van der Waals surface area contributed by atoms with Gasteiger partial charge in [-0.25, -0.2) is 0 Å². The van der Waals surface area contributed by atoms with Crippen molar-refractivity contribution in [3.63, 3.8) is 0 Å². The number of amides is 1. The molecule has 0 aliphatic carbocycles. The lowest BCUT2D eigenvalue weighted by Crippen LogP contribution is -2.45. The first-order valence-corrected chi connectivity index (χ1v) is 8.49. The number of hydrogen-bond acceptors (Lipinski definition) is 7. The normalized spacial score (nSPS) is 13.5. The van der Waals surface area contributed by atoms with Crippen molar-refractivity contribution in [3.05, 3.63) is 56.6 Å². The predicted octanol–water partition coefficient (Wildman–Crippen LogP) is 2.56. The maximum Gasteiger partial charge on any atom is 0.318 e. The molecule has 0 saturated carbocycles. The first-order valence-electron chi connectivity index (χ1n) is 7.23. The van der Waals surface area contributed by atoms with Crippen molar-refractivity contribution in [2.75, 3.05) is 0 Å². The Bertz CT molecular complexity index is 732. The Hall–Kier alpha value is -2.62. The Morgan fingerprint density at radius 1 is 1.35 bits per heavy atom. The van der Waals surface area contributed by atoms with E-state index in [2.05, 4.69) is 11.9 Å². The van der Waals surface area contributed by atoms with Crippen LogP contribution in [0.2, 0.25) is 0 Å². The average Bonchev–Trinajstić information content (AvgIpc) is 2.53. The minimum Gasteiger partial charge on any atom is -0.326 e. The van der Waals surface area contributed by atoms with Crippen LogP contribution in [0.3, 0.4) is 0 Å². The molecule has 0 aliphatic rings. The third-order valence-electron chi connectivity index (χ3n) is 3.45. The predicted molar refractivity (Wildman–Crippen MR) is 91.9 cm³/mol. The van der Waals surface area contributed by atoms with Crippen molar-refractivity contribution in [2.24, 2.45) is 5.41 Å². The fourth-order valence-corrected chi connectivity index (χ4v) is 2.68. The van der Waals surface area contributed by atoms with E-state index >= 15 is 0 Å². The summed E-state index contributed by atoms with van der Waals surface area (Å²) in [7, 11) is -3.42. The molecule has 2 N–H and O–H groups in total. The summed E-state index contributed by atoms with van der Waals surface area (Å²) in [5.74, 6) is -0.929. The fourth-order valence-electron chi connectivity index (χ4n) is 2.10. The molecular weight excluding hydrogens is 369 g/mol. The zero-order valence-corrected chi connectivity index (χ0v) is 15.0. The van der Waals surface area contributed by atoms with Gasteiger partial charge in [0.2, 0.25) is 0 Å². The van der Waals surface area contributed by atoms with E-state index in [0.29, 0.717) is 6.42 Å². The van der Waals surface area contributed by atoms with Gasteiger partial charge in [-0.05, 0) is 6.42 Å². The summed E-state index contributed by atoms with van der Waals surface area (Å²) in [6.45, 7) is 6.83. The average molecular weight is 387 g/mol. The van der Waals surface area contributed by atoms with Gasteiger partial charge in [-0.1, -0.05) is 19.9 Å². The second kappa shape index (κ2) is 8.65. The summed E-state index contributed by atoms with van der Waals surface area (Å²) in [4.78, 5) is 41.5. The lowest BCUT2D eigenvalue weighted by atomic mass is 9.87. The van der Waals surface area contributed by atoms with Crippen LogP contribution in [0.5, 0.6) is 0 Å². The van der Waals surface area contributed by atoms with Gasteiger partial charge in [-0.15, -0.1) is 6.58 Å². The monoisotopic (exact) mass is 387 g/mol. The zero-order chi connectivity index (χ0) is 20.1. The van der Waals surface area contributed by atoms with Gasteiger partial charge in [0.15, 0.2) is 0 Å². The van der Waals surface area contributed by atoms with Gasteiger partial charge < -0.3 is 10.2 Å². The van der Waals surface area contributed by atoms with E-state index in [0.717, 1.165) is 18.2 Å². The maximum atomic E-state index is 12.4. The number of allylic oxidation sites excluding steroid dienone is 1. The molecule has 12 heteroatoms. The quantitative estimate of drug-likeness (QED) is 0.215. The van der Waals surface area contributed by atoms with Gasteiger partial charge >= 0.3 is 8.25 Å². The van der Waals surface area contributed by atoms with Gasteiger partial charge in [0.1, 0.15) is 6.23 Å². The highest BCUT2D eigenvalue weighted by atomic mass is 31.1. The maximum absolute atomic E-state index is 12.4. The highest BCUT2D eigenvalue weighted by molar-refractivity contribution is 7.32. The molecule has 0 radical (unpaired) electrons. The molecule has 1 rings (SSSR count). The second-order valence-corrected chi connectivity index (χ2v) is 6.74. The Balaban J connectivity index is 3.23. The molecule has 0 heterocycles. The molecule has 142 valence electrons. The highest BCUT2D eigenvalue weighted by Gasteiger charge is 2.33. The van der Waals surface area contributed by atoms with Crippen LogP contribution in [-0.2, 0) is 9.09 Å². The number of benzene rings is 1. The number of carbonyl (C=O) groups excluding carboxylic acids is 1. The van der Waals surface area contributed by atoms with E-state index in [1.54, 1.807) is 13.8 Å². The number of rotatable bonds is 9. The SMILES string of the molecule is C=CCC(C)(C)C(NC(=O)c1cc([N+](=O)[O-])cc([N+](=O)[O-])c1)O[PH](=O)O. The van der Waals surface area contributed by atoms with Crippen molar-refractivity contribution in [3.8, 4) is 0 Å². The van der Waals surface area contributed by atoms with E-state index in [4.69, 9.17) is 9.42 Å². The highest BCUT2D eigenvalue weighted by Crippen LogP contribution is 2.33. The third-order valence-corrected chi connectivity index (χ3v) is 3.88. The fraction of sp³-hybridized carbons (Fsp3) is 0.357. The van der Waals surface area contributed by atoms with Gasteiger partial charge in [0, 0.05) is 17.5 Å². The topological polar surface area (TPSA) is 162 Å². The number of non-ortho nitro benzene ring substituents is 2. The summed E-state index contributed by atoms with van der Waals surface area (Å²) in [5, 5.41) is 24.1. The minimum absolute atomic E-state index is 0.308. The molecule has 26 heavy (non-hydrogen) atoms. The van der Waals surface area contributed by atoms with Gasteiger partial charge in [-0.2, -0.15) is 0 Å². The molecule has 1 aromatic rings. The second-order valence-electron chi connectivity index (χ2n) is 5.97. The smallest absolute Gasteiger partial charge is 0.318 e. The Labute approximate surface area is 148 Å². The van der Waals surface area contributed by atoms with Crippen molar-refractivity contribution >= 4 is 25.5 Å². The number of nitro groups is 2. The summed E-state index contributed by atoms with van der Waals surface area (Å²) in [5.41, 5.74) is -2.47. The molecule has 0 aromatic heterocycles. The number of nitro benzene ring substituents is 2. The van der Waals surface area contributed by atoms with Crippen LogP contribution in [0, 0.1) is 25.6 Å². The lowest BCUT2D eigenvalue weighted by molar-refractivity contribution is -0.394. The molecule has 2 atom stereocenters. The minimum atomic E-state index is -3.42. The van der Waals surface area contributed by atoms with Crippen LogP contribution >= 0.6 is 8.25 Å². The van der Waals surface area contributed by atoms with E-state index in [9.17, 15) is 29.6 Å². The molecule has 11 nitrogen and oxygen atoms in total. The molecule has 0 fully saturated rings. The van der Waals surface area contributed by atoms with Gasteiger partial charge in [-0.3, -0.25) is 34.1 Å². The number of carbonyl (C=O) groups is 1. The third kappa shape index (κ3) is 5.73.